The molecule has 6 nitrogen and oxygen atoms in total. The number of nitrogens with zero attached hydrogens (tertiary/aromatic N) is 3. The van der Waals surface area contributed by atoms with Crippen molar-refractivity contribution in [3.05, 3.63) is 75.9 Å². The predicted molar refractivity (Wildman–Crippen MR) is 154 cm³/mol. The van der Waals surface area contributed by atoms with Crippen LogP contribution in [-0.4, -0.2) is 36.4 Å². The lowest BCUT2D eigenvalue weighted by atomic mass is 9.81. The van der Waals surface area contributed by atoms with Gasteiger partial charge in [0.2, 0.25) is 5.91 Å². The number of nitrogens with two attached hydrogens (primary N) is 1. The number of hydrogen-bond donors (Lipinski definition) is 1. The number of likely N-dealkylation sites (N-methyl/N-ethyl adjacent to an activating group) is 1. The molecule has 0 spiro atoms. The summed E-state index contributed by atoms with van der Waals surface area (Å²) in [5.74, 6) is -0.753. The Morgan fingerprint density at radius 1 is 0.953 bits per heavy atom. The van der Waals surface area contributed by atoms with Gasteiger partial charge in [0, 0.05) is 23.6 Å². The third kappa shape index (κ3) is 6.42. The molecule has 1 unspecified atom stereocenters. The van der Waals surface area contributed by atoms with E-state index >= 15 is 0 Å². The molecule has 13 heteroatoms. The maximum absolute atomic E-state index is 13.9. The Morgan fingerprint density at radius 3 is 2.02 bits per heavy atom. The highest BCUT2D eigenvalue weighted by molar-refractivity contribution is 9.10. The highest BCUT2D eigenvalue weighted by atomic mass is 79.9. The summed E-state index contributed by atoms with van der Waals surface area (Å²) in [4.78, 5) is 33.4. The quantitative estimate of drug-likeness (QED) is 0.281. The van der Waals surface area contributed by atoms with Crippen LogP contribution >= 0.6 is 15.9 Å². The number of rotatable bonds is 6. The first-order valence-corrected chi connectivity index (χ1v) is 14.0. The lowest BCUT2D eigenvalue weighted by Crippen LogP contribution is -2.43. The number of anilines is 2. The zero-order valence-electron chi connectivity index (χ0n) is 23.6. The molecule has 0 aliphatic carbocycles. The van der Waals surface area contributed by atoms with Gasteiger partial charge in [-0.3, -0.25) is 9.59 Å². The molecular weight excluding hydrogens is 642 g/mol. The summed E-state index contributed by atoms with van der Waals surface area (Å²) in [6, 6.07) is 9.97. The van der Waals surface area contributed by atoms with E-state index in [0.717, 1.165) is 0 Å². The van der Waals surface area contributed by atoms with Gasteiger partial charge in [-0.2, -0.15) is 26.3 Å². The van der Waals surface area contributed by atoms with Gasteiger partial charge in [0.05, 0.1) is 40.5 Å². The van der Waals surface area contributed by atoms with Crippen LogP contribution in [0.1, 0.15) is 43.9 Å². The second-order valence-electron chi connectivity index (χ2n) is 11.0. The molecule has 0 radical (unpaired) electrons. The first-order valence-electron chi connectivity index (χ1n) is 13.2. The summed E-state index contributed by atoms with van der Waals surface area (Å²) in [7, 11) is 1.38. The molecule has 1 amide bonds. The lowest BCUT2D eigenvalue weighted by Gasteiger charge is -2.32. The molecule has 230 valence electrons. The number of alkyl halides is 6. The standard InChI is InChI=1S/C30H29BrF6N4O2/c1-16(42)20-9-10-41(26(20)38)25-14-22(21-7-5-6-8-23(21)31)24(15-39-25)40(4)27(43)28(2,3)17-11-18(29(32,33)34)13-19(12-17)30(35,36)37/h5-8,11-15,20,26H,9-10,38H2,1-4H3/t20?,26-/m0/s1. The van der Waals surface area contributed by atoms with Gasteiger partial charge >= 0.3 is 12.4 Å². The molecule has 2 N–H and O–H groups in total. The summed E-state index contributed by atoms with van der Waals surface area (Å²) < 4.78 is 82.2. The van der Waals surface area contributed by atoms with Crippen LogP contribution in [0, 0.1) is 5.92 Å². The molecule has 43 heavy (non-hydrogen) atoms. The van der Waals surface area contributed by atoms with Crippen molar-refractivity contribution in [1.29, 1.82) is 0 Å². The van der Waals surface area contributed by atoms with E-state index in [4.69, 9.17) is 5.73 Å². The number of pyridine rings is 1. The number of carbonyl (C=O) groups is 2. The van der Waals surface area contributed by atoms with Gasteiger partial charge in [-0.1, -0.05) is 34.1 Å². The molecule has 1 aliphatic heterocycles. The van der Waals surface area contributed by atoms with E-state index < -0.39 is 46.5 Å². The molecule has 4 rings (SSSR count). The zero-order valence-corrected chi connectivity index (χ0v) is 25.2. The highest BCUT2D eigenvalue weighted by Crippen LogP contribution is 2.42. The number of halogens is 7. The average Bonchev–Trinajstić information content (AvgIpc) is 3.32. The van der Waals surface area contributed by atoms with Crippen molar-refractivity contribution in [2.45, 2.75) is 51.1 Å². The van der Waals surface area contributed by atoms with E-state index in [1.165, 1.54) is 38.9 Å². The van der Waals surface area contributed by atoms with Crippen molar-refractivity contribution >= 4 is 39.1 Å². The van der Waals surface area contributed by atoms with Crippen LogP contribution in [0.2, 0.25) is 0 Å². The van der Waals surface area contributed by atoms with Crippen molar-refractivity contribution in [2.75, 3.05) is 23.4 Å². The van der Waals surface area contributed by atoms with Crippen molar-refractivity contribution in [3.8, 4) is 11.1 Å². The van der Waals surface area contributed by atoms with Gasteiger partial charge in [0.25, 0.3) is 0 Å². The van der Waals surface area contributed by atoms with E-state index in [9.17, 15) is 35.9 Å². The Kier molecular flexibility index (Phi) is 8.73. The van der Waals surface area contributed by atoms with E-state index in [1.807, 2.05) is 0 Å². The molecule has 2 atom stereocenters. The van der Waals surface area contributed by atoms with Crippen molar-refractivity contribution in [3.63, 3.8) is 0 Å². The fraction of sp³-hybridized carbons (Fsp3) is 0.367. The predicted octanol–water partition coefficient (Wildman–Crippen LogP) is 7.19. The van der Waals surface area contributed by atoms with Crippen molar-refractivity contribution in [1.82, 2.24) is 4.98 Å². The first kappa shape index (κ1) is 32.5. The minimum Gasteiger partial charge on any atom is -0.341 e. The van der Waals surface area contributed by atoms with E-state index in [2.05, 4.69) is 20.9 Å². The van der Waals surface area contributed by atoms with Gasteiger partial charge < -0.3 is 15.5 Å². The fourth-order valence-electron chi connectivity index (χ4n) is 5.25. The van der Waals surface area contributed by atoms with E-state index in [1.54, 1.807) is 35.2 Å². The molecule has 3 aromatic rings. The van der Waals surface area contributed by atoms with E-state index in [-0.39, 0.29) is 23.5 Å². The van der Waals surface area contributed by atoms with E-state index in [0.29, 0.717) is 46.5 Å². The number of ketones is 1. The van der Waals surface area contributed by atoms with Crippen molar-refractivity contribution < 1.29 is 35.9 Å². The third-order valence-electron chi connectivity index (χ3n) is 7.81. The van der Waals surface area contributed by atoms with Gasteiger partial charge in [-0.25, -0.2) is 4.98 Å². The number of amides is 1. The third-order valence-corrected chi connectivity index (χ3v) is 8.50. The second-order valence-corrected chi connectivity index (χ2v) is 11.9. The molecule has 0 saturated carbocycles. The topological polar surface area (TPSA) is 79.5 Å². The Hall–Kier alpha value is -3.45. The molecule has 2 heterocycles. The summed E-state index contributed by atoms with van der Waals surface area (Å²) in [5.41, 5.74) is 2.49. The summed E-state index contributed by atoms with van der Waals surface area (Å²) in [6.45, 7) is 4.48. The molecule has 2 aromatic carbocycles. The summed E-state index contributed by atoms with van der Waals surface area (Å²) in [6.07, 6.45) is -8.81. The Morgan fingerprint density at radius 2 is 1.51 bits per heavy atom. The van der Waals surface area contributed by atoms with Crippen LogP contribution < -0.4 is 15.5 Å². The minimum atomic E-state index is -5.06. The van der Waals surface area contributed by atoms with Gasteiger partial charge in [-0.15, -0.1) is 0 Å². The Labute approximate surface area is 253 Å². The SMILES string of the molecule is CC(=O)C1CCN(c2cc(-c3ccccc3Br)c(N(C)C(=O)C(C)(C)c3cc(C(F)(F)F)cc(C(F)(F)F)c3)cn2)[C@@H]1N. The molecule has 1 aromatic heterocycles. The normalized spacial score (nSPS) is 17.7. The number of carbonyl (C=O) groups excluding carboxylic acids is 2. The zero-order chi connectivity index (χ0) is 32.1. The monoisotopic (exact) mass is 670 g/mol. The molecule has 1 aliphatic rings. The Bertz CT molecular complexity index is 1520. The van der Waals surface area contributed by atoms with Crippen LogP contribution in [0.15, 0.2) is 59.2 Å². The van der Waals surface area contributed by atoms with Gasteiger partial charge in [0.15, 0.2) is 0 Å². The van der Waals surface area contributed by atoms with Crippen LogP contribution in [0.4, 0.5) is 37.8 Å². The number of benzene rings is 2. The van der Waals surface area contributed by atoms with Crippen molar-refractivity contribution in [2.24, 2.45) is 11.7 Å². The maximum atomic E-state index is 13.9. The molecule has 1 saturated heterocycles. The van der Waals surface area contributed by atoms with Crippen LogP contribution in [-0.2, 0) is 27.4 Å². The highest BCUT2D eigenvalue weighted by Gasteiger charge is 2.42. The van der Waals surface area contributed by atoms with Gasteiger partial charge in [-0.05, 0) is 68.7 Å². The summed E-state index contributed by atoms with van der Waals surface area (Å²) >= 11 is 3.51. The van der Waals surface area contributed by atoms with Crippen LogP contribution in [0.3, 0.4) is 0 Å². The Balaban J connectivity index is 1.81. The molecule has 0 bridgehead atoms. The second kappa shape index (κ2) is 11.6. The fourth-order valence-corrected chi connectivity index (χ4v) is 5.75. The number of Topliss-reactive ketones (excluding diaryl/α,β-unsaturated/α-hetero) is 1. The average molecular weight is 671 g/mol. The maximum Gasteiger partial charge on any atom is 0.416 e. The summed E-state index contributed by atoms with van der Waals surface area (Å²) in [5, 5.41) is 0. The lowest BCUT2D eigenvalue weighted by molar-refractivity contribution is -0.143. The number of aromatic nitrogens is 1. The smallest absolute Gasteiger partial charge is 0.341 e. The molecule has 1 fully saturated rings. The number of hydrogen-bond acceptors (Lipinski definition) is 5. The largest absolute Gasteiger partial charge is 0.416 e. The first-order chi connectivity index (χ1) is 19.8. The molecular formula is C30H29BrF6N4O2. The minimum absolute atomic E-state index is 0.0289. The van der Waals surface area contributed by atoms with Gasteiger partial charge in [0.1, 0.15) is 11.6 Å². The van der Waals surface area contributed by atoms with Crippen LogP contribution in [0.5, 0.6) is 0 Å². The van der Waals surface area contributed by atoms with Crippen LogP contribution in [0.25, 0.3) is 11.1 Å².